The quantitative estimate of drug-likeness (QED) is 0.930. The summed E-state index contributed by atoms with van der Waals surface area (Å²) in [4.78, 5) is 12.1. The van der Waals surface area contributed by atoms with Gasteiger partial charge in [-0.2, -0.15) is 13.2 Å². The van der Waals surface area contributed by atoms with Crippen molar-refractivity contribution < 1.29 is 22.7 Å². The molecule has 1 N–H and O–H groups in total. The van der Waals surface area contributed by atoms with Gasteiger partial charge in [0.25, 0.3) is 5.91 Å². The molecule has 1 saturated heterocycles. The molecule has 3 nitrogen and oxygen atoms in total. The molecule has 21 heavy (non-hydrogen) atoms. The number of benzene rings is 1. The van der Waals surface area contributed by atoms with Crippen molar-refractivity contribution in [2.24, 2.45) is 0 Å². The molecule has 1 aromatic carbocycles. The smallest absolute Gasteiger partial charge is 0.381 e. The summed E-state index contributed by atoms with van der Waals surface area (Å²) in [6, 6.07) is 3.31. The third-order valence-corrected chi connectivity index (χ3v) is 3.40. The van der Waals surface area contributed by atoms with Crippen molar-refractivity contribution in [2.75, 3.05) is 13.2 Å². The number of ether oxygens (including phenoxy) is 1. The molecular weight excluding hydrogens is 283 g/mol. The maximum atomic E-state index is 12.8. The first kappa shape index (κ1) is 15.6. The Morgan fingerprint density at radius 1 is 1.33 bits per heavy atom. The van der Waals surface area contributed by atoms with Gasteiger partial charge in [-0.3, -0.25) is 4.79 Å². The van der Waals surface area contributed by atoms with Crippen LogP contribution in [0.15, 0.2) is 24.8 Å². The Balaban J connectivity index is 2.16. The van der Waals surface area contributed by atoms with Crippen LogP contribution in [-0.4, -0.2) is 25.2 Å². The van der Waals surface area contributed by atoms with Crippen molar-refractivity contribution in [3.63, 3.8) is 0 Å². The number of amides is 1. The Kier molecular flexibility index (Phi) is 4.67. The second-order valence-corrected chi connectivity index (χ2v) is 4.86. The minimum absolute atomic E-state index is 0.000670. The summed E-state index contributed by atoms with van der Waals surface area (Å²) in [6.45, 7) is 4.53. The van der Waals surface area contributed by atoms with E-state index in [2.05, 4.69) is 11.9 Å². The van der Waals surface area contributed by atoms with E-state index >= 15 is 0 Å². The number of rotatable bonds is 3. The fourth-order valence-electron chi connectivity index (χ4n) is 2.24. The monoisotopic (exact) mass is 299 g/mol. The number of hydrogen-bond donors (Lipinski definition) is 1. The predicted octanol–water partition coefficient (Wildman–Crippen LogP) is 3.26. The van der Waals surface area contributed by atoms with Crippen LogP contribution in [0.3, 0.4) is 0 Å². The van der Waals surface area contributed by atoms with Gasteiger partial charge in [0.05, 0.1) is 5.56 Å². The van der Waals surface area contributed by atoms with Crippen LogP contribution in [0.1, 0.15) is 34.3 Å². The van der Waals surface area contributed by atoms with Gasteiger partial charge in [-0.15, -0.1) is 0 Å². The molecule has 1 fully saturated rings. The maximum absolute atomic E-state index is 12.8. The Bertz CT molecular complexity index is 534. The fraction of sp³-hybridized carbons (Fsp3) is 0.400. The standard InChI is InChI=1S/C15H16F3NO2/c1-2-10-9-11(3-4-13(10)15(16,17)18)14(20)19-12-5-7-21-8-6-12/h2-4,9,12H,1,5-8H2,(H,19,20). The van der Waals surface area contributed by atoms with E-state index in [1.807, 2.05) is 0 Å². The number of nitrogens with one attached hydrogen (secondary N) is 1. The zero-order chi connectivity index (χ0) is 15.5. The second-order valence-electron chi connectivity index (χ2n) is 4.86. The topological polar surface area (TPSA) is 38.3 Å². The minimum Gasteiger partial charge on any atom is -0.381 e. The highest BCUT2D eigenvalue weighted by Gasteiger charge is 2.33. The average molecular weight is 299 g/mol. The molecule has 0 unspecified atom stereocenters. The van der Waals surface area contributed by atoms with Crippen LogP contribution in [0.25, 0.3) is 6.08 Å². The minimum atomic E-state index is -4.46. The first-order valence-electron chi connectivity index (χ1n) is 6.64. The van der Waals surface area contributed by atoms with Gasteiger partial charge in [-0.1, -0.05) is 12.7 Å². The van der Waals surface area contributed by atoms with E-state index in [0.29, 0.717) is 26.1 Å². The van der Waals surface area contributed by atoms with E-state index in [1.54, 1.807) is 0 Å². The first-order valence-corrected chi connectivity index (χ1v) is 6.64. The molecule has 1 aliphatic rings. The molecule has 0 radical (unpaired) electrons. The van der Waals surface area contributed by atoms with Gasteiger partial charge in [0.1, 0.15) is 0 Å². The van der Waals surface area contributed by atoms with E-state index < -0.39 is 11.7 Å². The SMILES string of the molecule is C=Cc1cc(C(=O)NC2CCOCC2)ccc1C(F)(F)F. The number of halogens is 3. The fourth-order valence-corrected chi connectivity index (χ4v) is 2.24. The van der Waals surface area contributed by atoms with Crippen molar-refractivity contribution in [3.8, 4) is 0 Å². The Hall–Kier alpha value is -1.82. The third kappa shape index (κ3) is 3.85. The van der Waals surface area contributed by atoms with E-state index in [-0.39, 0.29) is 23.1 Å². The molecule has 0 spiro atoms. The Morgan fingerprint density at radius 2 is 2.00 bits per heavy atom. The highest BCUT2D eigenvalue weighted by molar-refractivity contribution is 5.95. The van der Waals surface area contributed by atoms with Crippen molar-refractivity contribution in [1.82, 2.24) is 5.32 Å². The first-order chi connectivity index (χ1) is 9.91. The van der Waals surface area contributed by atoms with Crippen molar-refractivity contribution in [3.05, 3.63) is 41.5 Å². The molecule has 2 rings (SSSR count). The van der Waals surface area contributed by atoms with Crippen LogP contribution >= 0.6 is 0 Å². The maximum Gasteiger partial charge on any atom is 0.416 e. The molecule has 0 atom stereocenters. The van der Waals surface area contributed by atoms with E-state index in [0.717, 1.165) is 12.1 Å². The molecular formula is C15H16F3NO2. The van der Waals surface area contributed by atoms with Crippen LogP contribution in [0.2, 0.25) is 0 Å². The van der Waals surface area contributed by atoms with E-state index in [1.165, 1.54) is 12.1 Å². The summed E-state index contributed by atoms with van der Waals surface area (Å²) in [6.07, 6.45) is -1.94. The zero-order valence-corrected chi connectivity index (χ0v) is 11.4. The predicted molar refractivity (Wildman–Crippen MR) is 72.8 cm³/mol. The van der Waals surface area contributed by atoms with Crippen LogP contribution in [-0.2, 0) is 10.9 Å². The van der Waals surface area contributed by atoms with Gasteiger partial charge < -0.3 is 10.1 Å². The molecule has 6 heteroatoms. The molecule has 1 heterocycles. The average Bonchev–Trinajstić information content (AvgIpc) is 2.46. The number of alkyl halides is 3. The summed E-state index contributed by atoms with van der Waals surface area (Å²) in [7, 11) is 0. The lowest BCUT2D eigenvalue weighted by Gasteiger charge is -2.23. The molecule has 1 aliphatic heterocycles. The number of carbonyl (C=O) groups excluding carboxylic acids is 1. The highest BCUT2D eigenvalue weighted by atomic mass is 19.4. The molecule has 0 bridgehead atoms. The van der Waals surface area contributed by atoms with Gasteiger partial charge in [0, 0.05) is 24.8 Å². The van der Waals surface area contributed by atoms with Gasteiger partial charge in [-0.05, 0) is 36.6 Å². The second kappa shape index (κ2) is 6.30. The van der Waals surface area contributed by atoms with Crippen LogP contribution in [0, 0.1) is 0 Å². The normalized spacial score (nSPS) is 16.5. The Morgan fingerprint density at radius 3 is 2.57 bits per heavy atom. The van der Waals surface area contributed by atoms with Crippen molar-refractivity contribution in [1.29, 1.82) is 0 Å². The van der Waals surface area contributed by atoms with Gasteiger partial charge in [0.15, 0.2) is 0 Å². The number of carbonyl (C=O) groups is 1. The van der Waals surface area contributed by atoms with Gasteiger partial charge >= 0.3 is 6.18 Å². The number of hydrogen-bond acceptors (Lipinski definition) is 2. The summed E-state index contributed by atoms with van der Waals surface area (Å²) in [5, 5.41) is 2.81. The van der Waals surface area contributed by atoms with Crippen LogP contribution in [0.4, 0.5) is 13.2 Å². The van der Waals surface area contributed by atoms with Crippen LogP contribution < -0.4 is 5.32 Å². The summed E-state index contributed by atoms with van der Waals surface area (Å²) < 4.78 is 43.5. The van der Waals surface area contributed by atoms with E-state index in [9.17, 15) is 18.0 Å². The highest BCUT2D eigenvalue weighted by Crippen LogP contribution is 2.33. The molecule has 0 saturated carbocycles. The third-order valence-electron chi connectivity index (χ3n) is 3.40. The molecule has 114 valence electrons. The zero-order valence-electron chi connectivity index (χ0n) is 11.4. The lowest BCUT2D eigenvalue weighted by molar-refractivity contribution is -0.137. The van der Waals surface area contributed by atoms with E-state index in [4.69, 9.17) is 4.74 Å². The largest absolute Gasteiger partial charge is 0.416 e. The van der Waals surface area contributed by atoms with Gasteiger partial charge in [-0.25, -0.2) is 0 Å². The lowest BCUT2D eigenvalue weighted by atomic mass is 10.0. The Labute approximate surface area is 120 Å². The summed E-state index contributed by atoms with van der Waals surface area (Å²) >= 11 is 0. The van der Waals surface area contributed by atoms with Crippen molar-refractivity contribution >= 4 is 12.0 Å². The summed E-state index contributed by atoms with van der Waals surface area (Å²) in [5.74, 6) is -0.376. The van der Waals surface area contributed by atoms with Gasteiger partial charge in [0.2, 0.25) is 0 Å². The molecule has 0 aromatic heterocycles. The lowest BCUT2D eigenvalue weighted by Crippen LogP contribution is -2.38. The van der Waals surface area contributed by atoms with Crippen molar-refractivity contribution in [2.45, 2.75) is 25.1 Å². The molecule has 1 amide bonds. The molecule has 1 aromatic rings. The van der Waals surface area contributed by atoms with Crippen LogP contribution in [0.5, 0.6) is 0 Å². The molecule has 0 aliphatic carbocycles. The summed E-state index contributed by atoms with van der Waals surface area (Å²) in [5.41, 5.74) is -0.688.